The van der Waals surface area contributed by atoms with E-state index in [1.54, 1.807) is 11.0 Å². The Bertz CT molecular complexity index is 1400. The van der Waals surface area contributed by atoms with Gasteiger partial charge in [0.05, 0.1) is 11.3 Å². The molecule has 1 saturated carbocycles. The lowest BCUT2D eigenvalue weighted by Crippen LogP contribution is -2.63. The molecule has 2 heterocycles. The van der Waals surface area contributed by atoms with Crippen LogP contribution >= 0.6 is 0 Å². The van der Waals surface area contributed by atoms with Crippen molar-refractivity contribution in [1.29, 1.82) is 0 Å². The minimum Gasteiger partial charge on any atom is -0.489 e. The molecule has 2 fully saturated rings. The number of carbonyl (C=O) groups excluding carboxylic acids is 1. The third-order valence-electron chi connectivity index (χ3n) is 7.55. The van der Waals surface area contributed by atoms with Crippen molar-refractivity contribution in [2.75, 3.05) is 13.1 Å². The van der Waals surface area contributed by atoms with Gasteiger partial charge in [-0.1, -0.05) is 48.5 Å². The highest BCUT2D eigenvalue weighted by Gasteiger charge is 2.54. The topological polar surface area (TPSA) is 47.4 Å². The van der Waals surface area contributed by atoms with Gasteiger partial charge in [-0.25, -0.2) is 9.07 Å². The Morgan fingerprint density at radius 2 is 1.78 bits per heavy atom. The molecule has 1 saturated heterocycles. The lowest BCUT2D eigenvalue weighted by molar-refractivity contribution is -0.0567. The summed E-state index contributed by atoms with van der Waals surface area (Å²) in [6, 6.07) is 24.5. The maximum Gasteiger partial charge on any atom is 0.257 e. The Morgan fingerprint density at radius 3 is 2.56 bits per heavy atom. The predicted octanol–water partition coefficient (Wildman–Crippen LogP) is 5.92. The number of benzene rings is 3. The number of para-hydroxylation sites is 1. The van der Waals surface area contributed by atoms with Crippen molar-refractivity contribution >= 4 is 5.91 Å². The first-order valence-corrected chi connectivity index (χ1v) is 12.4. The van der Waals surface area contributed by atoms with Gasteiger partial charge in [-0.05, 0) is 61.2 Å². The number of hydrogen-bond acceptors (Lipinski definition) is 3. The number of aryl methyl sites for hydroxylation is 1. The van der Waals surface area contributed by atoms with Crippen molar-refractivity contribution < 1.29 is 13.9 Å². The van der Waals surface area contributed by atoms with Gasteiger partial charge >= 0.3 is 0 Å². The third kappa shape index (κ3) is 4.06. The maximum atomic E-state index is 14.6. The van der Waals surface area contributed by atoms with Crippen LogP contribution in [0.4, 0.5) is 4.39 Å². The Labute approximate surface area is 210 Å². The average molecular weight is 482 g/mol. The quantitative estimate of drug-likeness (QED) is 0.344. The number of ether oxygens (including phenoxy) is 1. The molecule has 3 aromatic carbocycles. The van der Waals surface area contributed by atoms with E-state index in [4.69, 9.17) is 4.74 Å². The zero-order chi connectivity index (χ0) is 24.7. The molecule has 0 unspecified atom stereocenters. The first-order valence-electron chi connectivity index (χ1n) is 12.4. The molecule has 0 radical (unpaired) electrons. The van der Waals surface area contributed by atoms with Crippen LogP contribution < -0.4 is 4.74 Å². The molecule has 1 aliphatic heterocycles. The molecule has 6 heteroatoms. The fourth-order valence-electron chi connectivity index (χ4n) is 5.65. The highest BCUT2D eigenvalue weighted by atomic mass is 19.1. The Kier molecular flexibility index (Phi) is 5.59. The van der Waals surface area contributed by atoms with E-state index >= 15 is 0 Å². The van der Waals surface area contributed by atoms with Gasteiger partial charge in [0.1, 0.15) is 18.2 Å². The molecule has 2 aliphatic rings. The molecular weight excluding hydrogens is 453 g/mol. The summed E-state index contributed by atoms with van der Waals surface area (Å²) in [7, 11) is 0. The second-order valence-electron chi connectivity index (χ2n) is 10.1. The summed E-state index contributed by atoms with van der Waals surface area (Å²) in [5.74, 6) is 0.126. The largest absolute Gasteiger partial charge is 0.489 e. The number of likely N-dealkylation sites (tertiary alicyclic amines) is 1. The van der Waals surface area contributed by atoms with E-state index in [0.29, 0.717) is 31.4 Å². The third-order valence-corrected chi connectivity index (χ3v) is 7.55. The van der Waals surface area contributed by atoms with Gasteiger partial charge < -0.3 is 9.64 Å². The van der Waals surface area contributed by atoms with Crippen LogP contribution in [0.3, 0.4) is 0 Å². The van der Waals surface area contributed by atoms with Crippen LogP contribution in [0.2, 0.25) is 0 Å². The van der Waals surface area contributed by atoms with Gasteiger partial charge in [0, 0.05) is 36.3 Å². The summed E-state index contributed by atoms with van der Waals surface area (Å²) in [6.45, 7) is 3.79. The van der Waals surface area contributed by atoms with E-state index in [2.05, 4.69) is 30.2 Å². The van der Waals surface area contributed by atoms with E-state index in [0.717, 1.165) is 24.1 Å². The highest BCUT2D eigenvalue weighted by molar-refractivity contribution is 5.95. The van der Waals surface area contributed by atoms with Crippen LogP contribution in [0.15, 0.2) is 85.1 Å². The molecule has 36 heavy (non-hydrogen) atoms. The lowest BCUT2D eigenvalue weighted by Gasteiger charge is -2.59. The molecule has 4 aromatic rings. The molecule has 1 amide bonds. The molecule has 1 aliphatic carbocycles. The number of rotatable bonds is 6. The van der Waals surface area contributed by atoms with Gasteiger partial charge in [0.2, 0.25) is 0 Å². The van der Waals surface area contributed by atoms with E-state index in [-0.39, 0.29) is 16.9 Å². The predicted molar refractivity (Wildman–Crippen MR) is 136 cm³/mol. The van der Waals surface area contributed by atoms with Gasteiger partial charge in [-0.15, -0.1) is 0 Å². The molecule has 6 rings (SSSR count). The molecule has 0 atom stereocenters. The fourth-order valence-corrected chi connectivity index (χ4v) is 5.65. The summed E-state index contributed by atoms with van der Waals surface area (Å²) in [5, 5.41) is 4.58. The molecule has 0 bridgehead atoms. The molecule has 0 N–H and O–H groups in total. The van der Waals surface area contributed by atoms with Crippen LogP contribution in [0.5, 0.6) is 5.75 Å². The number of aromatic nitrogens is 2. The van der Waals surface area contributed by atoms with Gasteiger partial charge in [0.15, 0.2) is 0 Å². The summed E-state index contributed by atoms with van der Waals surface area (Å²) in [5.41, 5.74) is 4.72. The van der Waals surface area contributed by atoms with Crippen LogP contribution in [0.1, 0.15) is 45.9 Å². The Morgan fingerprint density at radius 1 is 1.03 bits per heavy atom. The van der Waals surface area contributed by atoms with Crippen molar-refractivity contribution in [3.8, 4) is 11.4 Å². The zero-order valence-electron chi connectivity index (χ0n) is 20.2. The normalized spacial score (nSPS) is 16.4. The first kappa shape index (κ1) is 22.5. The van der Waals surface area contributed by atoms with Crippen molar-refractivity contribution in [3.63, 3.8) is 0 Å². The summed E-state index contributed by atoms with van der Waals surface area (Å²) < 4.78 is 22.4. The van der Waals surface area contributed by atoms with Gasteiger partial charge in [-0.3, -0.25) is 4.79 Å². The second-order valence-corrected chi connectivity index (χ2v) is 10.1. The van der Waals surface area contributed by atoms with Gasteiger partial charge in [-0.2, -0.15) is 5.10 Å². The van der Waals surface area contributed by atoms with Crippen molar-refractivity contribution in [2.45, 2.75) is 32.3 Å². The molecule has 1 spiro atoms. The van der Waals surface area contributed by atoms with E-state index in [9.17, 15) is 9.18 Å². The van der Waals surface area contributed by atoms with Crippen LogP contribution in [0.25, 0.3) is 5.69 Å². The highest BCUT2D eigenvalue weighted by Crippen LogP contribution is 2.56. The smallest absolute Gasteiger partial charge is 0.257 e. The molecular formula is C30H28FN3O2. The molecule has 5 nitrogen and oxygen atoms in total. The fraction of sp³-hybridized carbons (Fsp3) is 0.267. The summed E-state index contributed by atoms with van der Waals surface area (Å²) in [4.78, 5) is 14.9. The van der Waals surface area contributed by atoms with Crippen molar-refractivity contribution in [1.82, 2.24) is 14.7 Å². The lowest BCUT2D eigenvalue weighted by atomic mass is 9.57. The maximum absolute atomic E-state index is 14.6. The minimum atomic E-state index is -0.512. The van der Waals surface area contributed by atoms with Crippen molar-refractivity contribution in [3.05, 3.63) is 113 Å². The minimum absolute atomic E-state index is 0.0731. The monoisotopic (exact) mass is 481 g/mol. The van der Waals surface area contributed by atoms with Gasteiger partial charge in [0.25, 0.3) is 5.91 Å². The second kappa shape index (κ2) is 8.94. The average Bonchev–Trinajstić information content (AvgIpc) is 3.32. The number of amides is 1. The molecule has 182 valence electrons. The van der Waals surface area contributed by atoms with Crippen molar-refractivity contribution in [2.24, 2.45) is 5.41 Å². The number of carbonyl (C=O) groups is 1. The standard InChI is InChI=1S/C30H28FN3O2/c1-21-7-5-6-10-27(21)34-28(13-14-32-34)23-16-30(17-23)19-33(20-30)29(35)25-15-24(11-12-26(25)31)36-18-22-8-3-2-4-9-22/h2-15,23H,16-20H2,1H3. The van der Waals surface area contributed by atoms with E-state index in [1.807, 2.05) is 53.3 Å². The van der Waals surface area contributed by atoms with E-state index < -0.39 is 5.82 Å². The Hall–Kier alpha value is -3.93. The van der Waals surface area contributed by atoms with Crippen LogP contribution in [-0.2, 0) is 6.61 Å². The SMILES string of the molecule is Cc1ccccc1-n1nccc1C1CC2(C1)CN(C(=O)c1cc(OCc3ccccc3)ccc1F)C2. The Balaban J connectivity index is 1.09. The zero-order valence-corrected chi connectivity index (χ0v) is 20.2. The van der Waals surface area contributed by atoms with Crippen LogP contribution in [-0.4, -0.2) is 33.7 Å². The van der Waals surface area contributed by atoms with E-state index in [1.165, 1.54) is 23.4 Å². The molecule has 1 aromatic heterocycles. The first-order chi connectivity index (χ1) is 17.5. The summed E-state index contributed by atoms with van der Waals surface area (Å²) in [6.07, 6.45) is 3.88. The summed E-state index contributed by atoms with van der Waals surface area (Å²) >= 11 is 0. The number of nitrogens with zero attached hydrogens (tertiary/aromatic N) is 3. The number of hydrogen-bond donors (Lipinski definition) is 0. The van der Waals surface area contributed by atoms with Crippen LogP contribution in [0, 0.1) is 18.2 Å². The number of halogens is 1.